The van der Waals surface area contributed by atoms with Crippen molar-refractivity contribution in [2.75, 3.05) is 4.72 Å². The van der Waals surface area contributed by atoms with Crippen LogP contribution < -0.4 is 10.5 Å². The predicted octanol–water partition coefficient (Wildman–Crippen LogP) is 1.86. The molecule has 2 aromatic rings. The third-order valence-electron chi connectivity index (χ3n) is 2.58. The predicted molar refractivity (Wildman–Crippen MR) is 72.1 cm³/mol. The molecule has 5 nitrogen and oxygen atoms in total. The van der Waals surface area contributed by atoms with E-state index < -0.39 is 32.5 Å². The summed E-state index contributed by atoms with van der Waals surface area (Å²) >= 11 is 0. The molecule has 0 saturated heterocycles. The monoisotopic (exact) mass is 312 g/mol. The van der Waals surface area contributed by atoms with E-state index in [1.165, 1.54) is 24.3 Å². The molecule has 110 valence electrons. The molecule has 0 aliphatic heterocycles. The van der Waals surface area contributed by atoms with E-state index in [4.69, 9.17) is 5.73 Å². The standard InChI is InChI=1S/C13H10F2N2O3S/c14-9-4-5-11(15)12(7-9)21(19,20)17-10-3-1-2-8(6-10)13(16)18/h1-7,17H,(H2,16,18). The largest absolute Gasteiger partial charge is 0.366 e. The van der Waals surface area contributed by atoms with Crippen molar-refractivity contribution in [1.29, 1.82) is 0 Å². The van der Waals surface area contributed by atoms with Gasteiger partial charge in [-0.15, -0.1) is 0 Å². The number of nitrogens with two attached hydrogens (primary N) is 1. The number of benzene rings is 2. The van der Waals surface area contributed by atoms with Gasteiger partial charge < -0.3 is 5.73 Å². The van der Waals surface area contributed by atoms with Crippen LogP contribution in [0.3, 0.4) is 0 Å². The van der Waals surface area contributed by atoms with Crippen LogP contribution in [0, 0.1) is 11.6 Å². The Bertz CT molecular complexity index is 807. The molecule has 1 amide bonds. The van der Waals surface area contributed by atoms with Crippen molar-refractivity contribution in [2.45, 2.75) is 4.90 Å². The van der Waals surface area contributed by atoms with Crippen LogP contribution in [0.4, 0.5) is 14.5 Å². The maximum absolute atomic E-state index is 13.5. The van der Waals surface area contributed by atoms with Crippen LogP contribution in [0.15, 0.2) is 47.4 Å². The van der Waals surface area contributed by atoms with Gasteiger partial charge in [0, 0.05) is 11.3 Å². The number of rotatable bonds is 4. The molecule has 0 unspecified atom stereocenters. The highest BCUT2D eigenvalue weighted by atomic mass is 32.2. The molecule has 0 fully saturated rings. The molecule has 0 aromatic heterocycles. The zero-order valence-corrected chi connectivity index (χ0v) is 11.3. The van der Waals surface area contributed by atoms with Gasteiger partial charge in [-0.05, 0) is 36.4 Å². The molecule has 0 heterocycles. The molecule has 0 saturated carbocycles. The minimum absolute atomic E-state index is 0.00922. The molecule has 0 spiro atoms. The van der Waals surface area contributed by atoms with Crippen LogP contribution in [-0.4, -0.2) is 14.3 Å². The first kappa shape index (κ1) is 14.9. The Kier molecular flexibility index (Phi) is 3.90. The Balaban J connectivity index is 2.40. The number of amides is 1. The molecule has 8 heteroatoms. The van der Waals surface area contributed by atoms with E-state index in [1.54, 1.807) is 0 Å². The summed E-state index contributed by atoms with van der Waals surface area (Å²) in [6, 6.07) is 7.42. The maximum Gasteiger partial charge on any atom is 0.264 e. The average Bonchev–Trinajstić information content (AvgIpc) is 2.41. The van der Waals surface area contributed by atoms with Crippen molar-refractivity contribution in [3.05, 3.63) is 59.7 Å². The van der Waals surface area contributed by atoms with Crippen molar-refractivity contribution in [3.8, 4) is 0 Å². The van der Waals surface area contributed by atoms with Gasteiger partial charge in [-0.3, -0.25) is 9.52 Å². The van der Waals surface area contributed by atoms with E-state index in [9.17, 15) is 22.0 Å². The number of carbonyl (C=O) groups excluding carboxylic acids is 1. The lowest BCUT2D eigenvalue weighted by Gasteiger charge is -2.09. The lowest BCUT2D eigenvalue weighted by Crippen LogP contribution is -2.16. The Morgan fingerprint density at radius 2 is 1.81 bits per heavy atom. The van der Waals surface area contributed by atoms with Crippen LogP contribution in [-0.2, 0) is 10.0 Å². The quantitative estimate of drug-likeness (QED) is 0.903. The molecular formula is C13H10F2N2O3S. The Morgan fingerprint density at radius 3 is 2.48 bits per heavy atom. The summed E-state index contributed by atoms with van der Waals surface area (Å²) in [6.07, 6.45) is 0. The molecule has 0 atom stereocenters. The van der Waals surface area contributed by atoms with Gasteiger partial charge in [0.25, 0.3) is 10.0 Å². The van der Waals surface area contributed by atoms with Gasteiger partial charge in [-0.1, -0.05) is 6.07 Å². The third kappa shape index (κ3) is 3.34. The molecule has 2 rings (SSSR count). The lowest BCUT2D eigenvalue weighted by atomic mass is 10.2. The first-order valence-corrected chi connectivity index (χ1v) is 7.15. The van der Waals surface area contributed by atoms with Crippen molar-refractivity contribution in [3.63, 3.8) is 0 Å². The Morgan fingerprint density at radius 1 is 1.10 bits per heavy atom. The average molecular weight is 312 g/mol. The van der Waals surface area contributed by atoms with Gasteiger partial charge in [0.1, 0.15) is 16.5 Å². The summed E-state index contributed by atoms with van der Waals surface area (Å²) in [5.41, 5.74) is 5.16. The fourth-order valence-electron chi connectivity index (χ4n) is 1.63. The fraction of sp³-hybridized carbons (Fsp3) is 0. The number of anilines is 1. The number of halogens is 2. The number of hydrogen-bond donors (Lipinski definition) is 2. The molecule has 21 heavy (non-hydrogen) atoms. The van der Waals surface area contributed by atoms with E-state index in [0.717, 1.165) is 6.07 Å². The van der Waals surface area contributed by atoms with Crippen molar-refractivity contribution < 1.29 is 22.0 Å². The van der Waals surface area contributed by atoms with Gasteiger partial charge in [-0.25, -0.2) is 17.2 Å². The summed E-state index contributed by atoms with van der Waals surface area (Å²) < 4.78 is 52.7. The zero-order valence-electron chi connectivity index (χ0n) is 10.5. The number of hydrogen-bond acceptors (Lipinski definition) is 3. The molecular weight excluding hydrogens is 302 g/mol. The third-order valence-corrected chi connectivity index (χ3v) is 3.98. The van der Waals surface area contributed by atoms with Crippen molar-refractivity contribution >= 4 is 21.6 Å². The van der Waals surface area contributed by atoms with Crippen LogP contribution in [0.25, 0.3) is 0 Å². The summed E-state index contributed by atoms with van der Waals surface area (Å²) in [7, 11) is -4.33. The highest BCUT2D eigenvalue weighted by molar-refractivity contribution is 7.92. The number of sulfonamides is 1. The second kappa shape index (κ2) is 5.49. The first-order valence-electron chi connectivity index (χ1n) is 5.67. The lowest BCUT2D eigenvalue weighted by molar-refractivity contribution is 0.100. The number of nitrogens with one attached hydrogen (secondary N) is 1. The summed E-state index contributed by atoms with van der Waals surface area (Å²) in [5.74, 6) is -2.72. The molecule has 2 aromatic carbocycles. The van der Waals surface area contributed by atoms with Crippen LogP contribution in [0.2, 0.25) is 0 Å². The minimum Gasteiger partial charge on any atom is -0.366 e. The Labute approximate surface area is 119 Å². The van der Waals surface area contributed by atoms with Crippen LogP contribution in [0.5, 0.6) is 0 Å². The van der Waals surface area contributed by atoms with Gasteiger partial charge in [0.15, 0.2) is 0 Å². The van der Waals surface area contributed by atoms with Gasteiger partial charge in [-0.2, -0.15) is 0 Å². The van der Waals surface area contributed by atoms with E-state index in [-0.39, 0.29) is 11.3 Å². The molecule has 0 aliphatic carbocycles. The van der Waals surface area contributed by atoms with Crippen LogP contribution in [0.1, 0.15) is 10.4 Å². The number of carbonyl (C=O) groups is 1. The van der Waals surface area contributed by atoms with Crippen molar-refractivity contribution in [2.24, 2.45) is 5.73 Å². The molecule has 0 bridgehead atoms. The van der Waals surface area contributed by atoms with E-state index in [0.29, 0.717) is 12.1 Å². The second-order valence-electron chi connectivity index (χ2n) is 4.13. The van der Waals surface area contributed by atoms with E-state index in [1.807, 2.05) is 0 Å². The summed E-state index contributed by atoms with van der Waals surface area (Å²) in [6.45, 7) is 0. The SMILES string of the molecule is NC(=O)c1cccc(NS(=O)(=O)c2cc(F)ccc2F)c1. The maximum atomic E-state index is 13.5. The summed E-state index contributed by atoms with van der Waals surface area (Å²) in [4.78, 5) is 10.2. The Hall–Kier alpha value is -2.48. The van der Waals surface area contributed by atoms with E-state index in [2.05, 4.69) is 4.72 Å². The van der Waals surface area contributed by atoms with Crippen molar-refractivity contribution in [1.82, 2.24) is 0 Å². The second-order valence-corrected chi connectivity index (χ2v) is 5.78. The topological polar surface area (TPSA) is 89.3 Å². The van der Waals surface area contributed by atoms with Gasteiger partial charge >= 0.3 is 0 Å². The zero-order chi connectivity index (χ0) is 15.6. The minimum atomic E-state index is -4.33. The van der Waals surface area contributed by atoms with Gasteiger partial charge in [0.2, 0.25) is 5.91 Å². The molecule has 0 aliphatic rings. The van der Waals surface area contributed by atoms with Crippen LogP contribution >= 0.6 is 0 Å². The smallest absolute Gasteiger partial charge is 0.264 e. The molecule has 3 N–H and O–H groups in total. The number of primary amides is 1. The summed E-state index contributed by atoms with van der Waals surface area (Å²) in [5, 5.41) is 0. The molecule has 0 radical (unpaired) electrons. The highest BCUT2D eigenvalue weighted by Crippen LogP contribution is 2.20. The first-order chi connectivity index (χ1) is 9.79. The van der Waals surface area contributed by atoms with E-state index >= 15 is 0 Å². The van der Waals surface area contributed by atoms with Gasteiger partial charge in [0.05, 0.1) is 0 Å². The highest BCUT2D eigenvalue weighted by Gasteiger charge is 2.20. The normalized spacial score (nSPS) is 11.1. The fourth-order valence-corrected chi connectivity index (χ4v) is 2.77.